The molecule has 4 rings (SSSR count). The number of rotatable bonds is 4. The van der Waals surface area contributed by atoms with Gasteiger partial charge in [-0.05, 0) is 36.8 Å². The lowest BCUT2D eigenvalue weighted by molar-refractivity contribution is 0.262. The Balaban J connectivity index is 1.72. The van der Waals surface area contributed by atoms with Gasteiger partial charge in [0.15, 0.2) is 5.82 Å². The van der Waals surface area contributed by atoms with Gasteiger partial charge in [0.25, 0.3) is 0 Å². The number of halogens is 1. The molecule has 0 radical (unpaired) electrons. The minimum absolute atomic E-state index is 0.0570. The van der Waals surface area contributed by atoms with Crippen molar-refractivity contribution in [2.24, 2.45) is 0 Å². The third-order valence-corrected chi connectivity index (χ3v) is 6.47. The molecule has 174 valence electrons. The molecular formula is C25H25FN6OS. The molecule has 0 unspecified atom stereocenters. The van der Waals surface area contributed by atoms with Crippen molar-refractivity contribution in [2.75, 3.05) is 16.4 Å². The Morgan fingerprint density at radius 3 is 2.53 bits per heavy atom. The summed E-state index contributed by atoms with van der Waals surface area (Å²) in [5.74, 6) is -0.452. The van der Waals surface area contributed by atoms with Gasteiger partial charge in [-0.15, -0.1) is 11.3 Å². The van der Waals surface area contributed by atoms with Crippen LogP contribution >= 0.6 is 11.3 Å². The normalized spacial score (nSPS) is 11.3. The predicted octanol–water partition coefficient (Wildman–Crippen LogP) is 6.24. The number of nitrogen functional groups attached to an aromatic ring is 1. The first-order valence-corrected chi connectivity index (χ1v) is 11.5. The van der Waals surface area contributed by atoms with Gasteiger partial charge >= 0.3 is 6.03 Å². The maximum absolute atomic E-state index is 15.7. The van der Waals surface area contributed by atoms with Crippen LogP contribution in [0.1, 0.15) is 31.3 Å². The molecule has 9 heteroatoms. The molecule has 0 bridgehead atoms. The third kappa shape index (κ3) is 5.04. The van der Waals surface area contributed by atoms with Gasteiger partial charge in [0.2, 0.25) is 5.95 Å². The van der Waals surface area contributed by atoms with Crippen LogP contribution in [0.5, 0.6) is 0 Å². The molecule has 4 N–H and O–H groups in total. The van der Waals surface area contributed by atoms with Gasteiger partial charge in [-0.25, -0.2) is 24.1 Å². The van der Waals surface area contributed by atoms with Crippen LogP contribution in [0.3, 0.4) is 0 Å². The van der Waals surface area contributed by atoms with Gasteiger partial charge in [0.05, 0.1) is 21.3 Å². The lowest BCUT2D eigenvalue weighted by atomic mass is 9.98. The monoisotopic (exact) mass is 476 g/mol. The van der Waals surface area contributed by atoms with Gasteiger partial charge in [-0.3, -0.25) is 0 Å². The third-order valence-electron chi connectivity index (χ3n) is 4.95. The summed E-state index contributed by atoms with van der Waals surface area (Å²) < 4.78 is 15.7. The molecule has 2 amide bonds. The standard InChI is InChI=1S/C25H25FN6OS/c1-14-7-5-8-15(13-14)29-24(33)31-17-10-6-9-16(19(17)26)21-20(18-11-12-28-23(27)30-18)32-22(34-21)25(2,3)4/h5-13H,1-4H3,(H2,27,28,30)(H2,29,31,33). The van der Waals surface area contributed by atoms with E-state index in [9.17, 15) is 4.79 Å². The van der Waals surface area contributed by atoms with Crippen molar-refractivity contribution in [1.82, 2.24) is 15.0 Å². The molecule has 0 aliphatic rings. The van der Waals surface area contributed by atoms with Crippen molar-refractivity contribution < 1.29 is 9.18 Å². The average Bonchev–Trinajstić information content (AvgIpc) is 3.21. The molecule has 0 saturated carbocycles. The highest BCUT2D eigenvalue weighted by molar-refractivity contribution is 7.15. The highest BCUT2D eigenvalue weighted by atomic mass is 32.1. The number of carbonyl (C=O) groups is 1. The second-order valence-electron chi connectivity index (χ2n) is 8.86. The predicted molar refractivity (Wildman–Crippen MR) is 135 cm³/mol. The SMILES string of the molecule is Cc1cccc(NC(=O)Nc2cccc(-c3sc(C(C)(C)C)nc3-c3ccnc(N)n3)c2F)c1. The van der Waals surface area contributed by atoms with E-state index >= 15 is 4.39 Å². The Hall–Kier alpha value is -3.85. The molecule has 0 aliphatic heterocycles. The number of carbonyl (C=O) groups excluding carboxylic acids is 1. The van der Waals surface area contributed by atoms with E-state index in [1.165, 1.54) is 17.4 Å². The van der Waals surface area contributed by atoms with Gasteiger partial charge in [0, 0.05) is 22.9 Å². The number of hydrogen-bond acceptors (Lipinski definition) is 6. The number of thiazole rings is 1. The molecule has 2 aromatic carbocycles. The van der Waals surface area contributed by atoms with Gasteiger partial charge in [-0.2, -0.15) is 0 Å². The van der Waals surface area contributed by atoms with Gasteiger partial charge in [0.1, 0.15) is 5.69 Å². The molecule has 4 aromatic rings. The van der Waals surface area contributed by atoms with Crippen molar-refractivity contribution in [3.8, 4) is 21.8 Å². The minimum Gasteiger partial charge on any atom is -0.368 e. The summed E-state index contributed by atoms with van der Waals surface area (Å²) >= 11 is 1.39. The molecule has 0 saturated heterocycles. The molecule has 2 aromatic heterocycles. The van der Waals surface area contributed by atoms with Crippen LogP contribution < -0.4 is 16.4 Å². The maximum atomic E-state index is 15.7. The molecule has 34 heavy (non-hydrogen) atoms. The molecule has 7 nitrogen and oxygen atoms in total. The Morgan fingerprint density at radius 2 is 1.82 bits per heavy atom. The van der Waals surface area contributed by atoms with E-state index in [1.54, 1.807) is 30.5 Å². The summed E-state index contributed by atoms with van der Waals surface area (Å²) in [5.41, 5.74) is 8.55. The first kappa shape index (κ1) is 23.3. The first-order chi connectivity index (χ1) is 16.1. The summed E-state index contributed by atoms with van der Waals surface area (Å²) in [5, 5.41) is 6.16. The molecule has 0 spiro atoms. The number of nitrogens with zero attached hydrogens (tertiary/aromatic N) is 3. The molecule has 0 aliphatic carbocycles. The fraction of sp³-hybridized carbons (Fsp3) is 0.200. The second-order valence-corrected chi connectivity index (χ2v) is 9.86. The van der Waals surface area contributed by atoms with Crippen molar-refractivity contribution in [3.05, 3.63) is 71.1 Å². The Kier molecular flexibility index (Phi) is 6.30. The maximum Gasteiger partial charge on any atom is 0.323 e. The summed E-state index contributed by atoms with van der Waals surface area (Å²) in [7, 11) is 0. The van der Waals surface area contributed by atoms with E-state index in [0.29, 0.717) is 27.5 Å². The minimum atomic E-state index is -0.561. The zero-order valence-corrected chi connectivity index (χ0v) is 20.1. The van der Waals surface area contributed by atoms with Gasteiger partial charge in [-0.1, -0.05) is 45.0 Å². The van der Waals surface area contributed by atoms with Crippen molar-refractivity contribution in [3.63, 3.8) is 0 Å². The van der Waals surface area contributed by atoms with E-state index in [1.807, 2.05) is 45.9 Å². The lowest BCUT2D eigenvalue weighted by Crippen LogP contribution is -2.20. The average molecular weight is 477 g/mol. The van der Waals surface area contributed by atoms with Crippen LogP contribution in [-0.4, -0.2) is 21.0 Å². The number of nitrogens with two attached hydrogens (primary N) is 1. The van der Waals surface area contributed by atoms with Crippen molar-refractivity contribution >= 4 is 34.7 Å². The summed E-state index contributed by atoms with van der Waals surface area (Å²) in [4.78, 5) is 26.1. The van der Waals surface area contributed by atoms with Crippen LogP contribution in [0, 0.1) is 12.7 Å². The highest BCUT2D eigenvalue weighted by Crippen LogP contribution is 2.42. The van der Waals surface area contributed by atoms with Crippen LogP contribution in [0.25, 0.3) is 21.8 Å². The number of amides is 2. The number of anilines is 3. The van der Waals surface area contributed by atoms with E-state index in [0.717, 1.165) is 10.6 Å². The molecule has 0 atom stereocenters. The number of urea groups is 1. The van der Waals surface area contributed by atoms with E-state index in [-0.39, 0.29) is 17.1 Å². The molecular weight excluding hydrogens is 451 g/mol. The number of nitrogens with one attached hydrogen (secondary N) is 2. The van der Waals surface area contributed by atoms with Gasteiger partial charge < -0.3 is 16.4 Å². The van der Waals surface area contributed by atoms with E-state index in [4.69, 9.17) is 10.7 Å². The Labute approximate surface area is 201 Å². The zero-order chi connectivity index (χ0) is 24.5. The quantitative estimate of drug-likeness (QED) is 0.323. The van der Waals surface area contributed by atoms with Crippen LogP contribution in [0.4, 0.5) is 26.5 Å². The number of hydrogen-bond donors (Lipinski definition) is 3. The number of aryl methyl sites for hydroxylation is 1. The van der Waals surface area contributed by atoms with Crippen LogP contribution in [0.2, 0.25) is 0 Å². The fourth-order valence-corrected chi connectivity index (χ4v) is 4.47. The summed E-state index contributed by atoms with van der Waals surface area (Å²) in [6, 6.07) is 13.4. The number of aromatic nitrogens is 3. The Morgan fingerprint density at radius 1 is 1.06 bits per heavy atom. The smallest absolute Gasteiger partial charge is 0.323 e. The largest absolute Gasteiger partial charge is 0.368 e. The van der Waals surface area contributed by atoms with E-state index < -0.39 is 11.8 Å². The van der Waals surface area contributed by atoms with Crippen molar-refractivity contribution in [1.29, 1.82) is 0 Å². The van der Waals surface area contributed by atoms with Crippen LogP contribution in [-0.2, 0) is 5.41 Å². The summed E-state index contributed by atoms with van der Waals surface area (Å²) in [6.45, 7) is 8.04. The number of benzene rings is 2. The molecule has 0 fully saturated rings. The lowest BCUT2D eigenvalue weighted by Gasteiger charge is -2.13. The van der Waals surface area contributed by atoms with Crippen molar-refractivity contribution in [2.45, 2.75) is 33.1 Å². The fourth-order valence-electron chi connectivity index (χ4n) is 3.31. The molecule has 2 heterocycles. The van der Waals surface area contributed by atoms with Crippen LogP contribution in [0.15, 0.2) is 54.7 Å². The van der Waals surface area contributed by atoms with E-state index in [2.05, 4.69) is 20.6 Å². The highest BCUT2D eigenvalue weighted by Gasteiger charge is 2.26. The first-order valence-electron chi connectivity index (χ1n) is 10.7. The second kappa shape index (κ2) is 9.18. The Bertz CT molecular complexity index is 1360. The summed E-state index contributed by atoms with van der Waals surface area (Å²) in [6.07, 6.45) is 1.54. The topological polar surface area (TPSA) is 106 Å². The zero-order valence-electron chi connectivity index (χ0n) is 19.3.